The van der Waals surface area contributed by atoms with Gasteiger partial charge < -0.3 is 5.32 Å². The van der Waals surface area contributed by atoms with Gasteiger partial charge >= 0.3 is 0 Å². The van der Waals surface area contributed by atoms with Gasteiger partial charge in [-0.1, -0.05) is 6.92 Å². The molecular formula is C12H23FN2. The first-order valence-electron chi connectivity index (χ1n) is 6.24. The van der Waals surface area contributed by atoms with Crippen LogP contribution < -0.4 is 5.32 Å². The van der Waals surface area contributed by atoms with E-state index in [-0.39, 0.29) is 12.2 Å². The van der Waals surface area contributed by atoms with Gasteiger partial charge in [-0.2, -0.15) is 0 Å². The van der Waals surface area contributed by atoms with Gasteiger partial charge in [-0.05, 0) is 32.1 Å². The minimum Gasteiger partial charge on any atom is -0.308 e. The molecule has 2 rings (SSSR count). The third-order valence-electron chi connectivity index (χ3n) is 4.11. The summed E-state index contributed by atoms with van der Waals surface area (Å²) in [6, 6.07) is 0.535. The maximum atomic E-state index is 12.5. The number of nitrogens with one attached hydrogen (secondary N) is 1. The molecule has 2 aliphatic rings. The molecule has 1 aliphatic carbocycles. The van der Waals surface area contributed by atoms with Crippen LogP contribution in [-0.4, -0.2) is 42.8 Å². The fourth-order valence-corrected chi connectivity index (χ4v) is 2.85. The maximum Gasteiger partial charge on any atom is 0.102 e. The van der Waals surface area contributed by atoms with E-state index in [1.54, 1.807) is 0 Å². The van der Waals surface area contributed by atoms with E-state index in [4.69, 9.17) is 0 Å². The zero-order valence-electron chi connectivity index (χ0n) is 9.93. The highest BCUT2D eigenvalue weighted by atomic mass is 19.1. The van der Waals surface area contributed by atoms with Crippen molar-refractivity contribution in [2.75, 3.05) is 26.3 Å². The molecular weight excluding hydrogens is 191 g/mol. The van der Waals surface area contributed by atoms with Crippen molar-refractivity contribution in [1.29, 1.82) is 0 Å². The van der Waals surface area contributed by atoms with Crippen LogP contribution in [0.25, 0.3) is 0 Å². The fourth-order valence-electron chi connectivity index (χ4n) is 2.85. The van der Waals surface area contributed by atoms with E-state index in [2.05, 4.69) is 24.1 Å². The molecule has 0 radical (unpaired) electrons. The molecule has 15 heavy (non-hydrogen) atoms. The highest BCUT2D eigenvalue weighted by molar-refractivity contribution is 5.03. The van der Waals surface area contributed by atoms with Crippen LogP contribution >= 0.6 is 0 Å². The summed E-state index contributed by atoms with van der Waals surface area (Å²) in [7, 11) is 0. The SMILES string of the molecule is CCC1CNC(C)(C2CC2)CN1CCF. The molecule has 1 aliphatic heterocycles. The van der Waals surface area contributed by atoms with E-state index in [0.717, 1.165) is 25.4 Å². The van der Waals surface area contributed by atoms with Gasteiger partial charge in [-0.3, -0.25) is 4.90 Å². The molecule has 0 amide bonds. The Morgan fingerprint density at radius 2 is 2.20 bits per heavy atom. The molecule has 0 aromatic carbocycles. The topological polar surface area (TPSA) is 15.3 Å². The van der Waals surface area contributed by atoms with Gasteiger partial charge in [0.2, 0.25) is 0 Å². The van der Waals surface area contributed by atoms with Crippen molar-refractivity contribution in [1.82, 2.24) is 10.2 Å². The van der Waals surface area contributed by atoms with Crippen LogP contribution in [0.3, 0.4) is 0 Å². The van der Waals surface area contributed by atoms with Gasteiger partial charge in [0.05, 0.1) is 0 Å². The van der Waals surface area contributed by atoms with Crippen molar-refractivity contribution < 1.29 is 4.39 Å². The second kappa shape index (κ2) is 4.38. The molecule has 2 unspecified atom stereocenters. The Hall–Kier alpha value is -0.150. The lowest BCUT2D eigenvalue weighted by atomic mass is 9.90. The lowest BCUT2D eigenvalue weighted by Gasteiger charge is -2.46. The molecule has 88 valence electrons. The number of nitrogens with zero attached hydrogens (tertiary/aromatic N) is 1. The Morgan fingerprint density at radius 1 is 1.47 bits per heavy atom. The largest absolute Gasteiger partial charge is 0.308 e. The Kier molecular flexibility index (Phi) is 3.31. The molecule has 0 aromatic rings. The lowest BCUT2D eigenvalue weighted by Crippen LogP contribution is -2.64. The van der Waals surface area contributed by atoms with Crippen molar-refractivity contribution in [3.05, 3.63) is 0 Å². The number of alkyl halides is 1. The normalized spacial score (nSPS) is 38.2. The number of halogens is 1. The first-order valence-corrected chi connectivity index (χ1v) is 6.24. The standard InChI is InChI=1S/C12H23FN2/c1-3-11-8-14-12(2,10-4-5-10)9-15(11)7-6-13/h10-11,14H,3-9H2,1-2H3. The molecule has 1 saturated carbocycles. The smallest absolute Gasteiger partial charge is 0.102 e. The van der Waals surface area contributed by atoms with E-state index in [1.807, 2.05) is 0 Å². The van der Waals surface area contributed by atoms with E-state index in [0.29, 0.717) is 12.6 Å². The summed E-state index contributed by atoms with van der Waals surface area (Å²) >= 11 is 0. The maximum absolute atomic E-state index is 12.5. The number of rotatable bonds is 4. The van der Waals surface area contributed by atoms with E-state index < -0.39 is 0 Å². The van der Waals surface area contributed by atoms with Gasteiger partial charge in [0.1, 0.15) is 6.67 Å². The highest BCUT2D eigenvalue weighted by Gasteiger charge is 2.45. The van der Waals surface area contributed by atoms with Crippen LogP contribution in [0.2, 0.25) is 0 Å². The average Bonchev–Trinajstić information content (AvgIpc) is 3.02. The van der Waals surface area contributed by atoms with Gasteiger partial charge in [-0.15, -0.1) is 0 Å². The number of hydrogen-bond donors (Lipinski definition) is 1. The molecule has 2 nitrogen and oxygen atoms in total. The number of piperazine rings is 1. The lowest BCUT2D eigenvalue weighted by molar-refractivity contribution is 0.0678. The van der Waals surface area contributed by atoms with E-state index in [1.165, 1.54) is 12.8 Å². The van der Waals surface area contributed by atoms with E-state index >= 15 is 0 Å². The molecule has 0 bridgehead atoms. The third-order valence-corrected chi connectivity index (χ3v) is 4.11. The third kappa shape index (κ3) is 2.34. The van der Waals surface area contributed by atoms with Crippen molar-refractivity contribution in [2.24, 2.45) is 5.92 Å². The predicted molar refractivity (Wildman–Crippen MR) is 60.8 cm³/mol. The summed E-state index contributed by atoms with van der Waals surface area (Å²) in [4.78, 5) is 2.34. The molecule has 2 fully saturated rings. The molecule has 0 aromatic heterocycles. The Labute approximate surface area is 92.2 Å². The number of hydrogen-bond acceptors (Lipinski definition) is 2. The summed E-state index contributed by atoms with van der Waals surface area (Å²) < 4.78 is 12.5. The first-order chi connectivity index (χ1) is 7.19. The van der Waals surface area contributed by atoms with Crippen LogP contribution in [0, 0.1) is 5.92 Å². The summed E-state index contributed by atoms with van der Waals surface area (Å²) in [6.07, 6.45) is 3.82. The minimum atomic E-state index is -0.211. The summed E-state index contributed by atoms with van der Waals surface area (Å²) in [6.45, 7) is 6.96. The van der Waals surface area contributed by atoms with Gasteiger partial charge in [0.15, 0.2) is 0 Å². The van der Waals surface area contributed by atoms with Gasteiger partial charge in [0.25, 0.3) is 0 Å². The predicted octanol–water partition coefficient (Wildman–Crippen LogP) is 1.81. The Balaban J connectivity index is 1.98. The molecule has 3 heteroatoms. The van der Waals surface area contributed by atoms with Crippen molar-refractivity contribution >= 4 is 0 Å². The van der Waals surface area contributed by atoms with Crippen molar-refractivity contribution in [3.8, 4) is 0 Å². The quantitative estimate of drug-likeness (QED) is 0.768. The second-order valence-electron chi connectivity index (χ2n) is 5.29. The Morgan fingerprint density at radius 3 is 2.73 bits per heavy atom. The molecule has 2 atom stereocenters. The van der Waals surface area contributed by atoms with Crippen LogP contribution in [-0.2, 0) is 0 Å². The van der Waals surface area contributed by atoms with Crippen molar-refractivity contribution in [2.45, 2.75) is 44.7 Å². The van der Waals surface area contributed by atoms with Crippen LogP contribution in [0.5, 0.6) is 0 Å². The van der Waals surface area contributed by atoms with Gasteiger partial charge in [0, 0.05) is 31.2 Å². The summed E-state index contributed by atoms with van der Waals surface area (Å²) in [5, 5.41) is 3.68. The zero-order chi connectivity index (χ0) is 10.9. The molecule has 1 saturated heterocycles. The van der Waals surface area contributed by atoms with Crippen LogP contribution in [0.15, 0.2) is 0 Å². The minimum absolute atomic E-state index is 0.211. The summed E-state index contributed by atoms with van der Waals surface area (Å²) in [5.74, 6) is 0.831. The monoisotopic (exact) mass is 214 g/mol. The molecule has 1 heterocycles. The molecule has 0 spiro atoms. The second-order valence-corrected chi connectivity index (χ2v) is 5.29. The molecule has 1 N–H and O–H groups in total. The van der Waals surface area contributed by atoms with E-state index in [9.17, 15) is 4.39 Å². The summed E-state index contributed by atoms with van der Waals surface area (Å²) in [5.41, 5.74) is 0.251. The highest BCUT2D eigenvalue weighted by Crippen LogP contribution is 2.41. The van der Waals surface area contributed by atoms with Gasteiger partial charge in [-0.25, -0.2) is 4.39 Å². The fraction of sp³-hybridized carbons (Fsp3) is 1.00. The van der Waals surface area contributed by atoms with Crippen molar-refractivity contribution in [3.63, 3.8) is 0 Å². The average molecular weight is 214 g/mol. The van der Waals surface area contributed by atoms with Crippen LogP contribution in [0.1, 0.15) is 33.1 Å². The van der Waals surface area contributed by atoms with Crippen LogP contribution in [0.4, 0.5) is 4.39 Å². The first kappa shape index (κ1) is 11.3. The Bertz CT molecular complexity index is 218. The zero-order valence-corrected chi connectivity index (χ0v) is 9.93.